The van der Waals surface area contributed by atoms with Crippen LogP contribution in [0.4, 0.5) is 49.6 Å². The molecular formula is C15H15F10N. The Bertz CT molecular complexity index is 624. The number of alkyl halides is 10. The maximum absolute atomic E-state index is 14.2. The maximum atomic E-state index is 14.2. The predicted molar refractivity (Wildman–Crippen MR) is 74.6 cm³/mol. The van der Waals surface area contributed by atoms with Gasteiger partial charge in [-0.05, 0) is 32.4 Å². The van der Waals surface area contributed by atoms with Crippen LogP contribution in [-0.4, -0.2) is 25.4 Å². The van der Waals surface area contributed by atoms with Gasteiger partial charge in [-0.3, -0.25) is 0 Å². The lowest BCUT2D eigenvalue weighted by atomic mass is 9.89. The smallest absolute Gasteiger partial charge is 0.371 e. The number of anilines is 1. The SMILES string of the molecule is CCN(CC)c1c(C)cc(C(F)(C(F)(F)F)C(F)(F)F)cc1C(F)(F)F. The van der Waals surface area contributed by atoms with Crippen LogP contribution < -0.4 is 4.90 Å². The lowest BCUT2D eigenvalue weighted by Crippen LogP contribution is -2.50. The van der Waals surface area contributed by atoms with E-state index in [1.807, 2.05) is 0 Å². The minimum atomic E-state index is -6.49. The fourth-order valence-corrected chi connectivity index (χ4v) is 2.64. The van der Waals surface area contributed by atoms with E-state index in [4.69, 9.17) is 0 Å². The van der Waals surface area contributed by atoms with E-state index in [1.54, 1.807) is 0 Å². The second-order valence-electron chi connectivity index (χ2n) is 5.51. The van der Waals surface area contributed by atoms with Gasteiger partial charge in [0, 0.05) is 18.7 Å². The first kappa shape index (κ1) is 22.4. The summed E-state index contributed by atoms with van der Waals surface area (Å²) >= 11 is 0. The summed E-state index contributed by atoms with van der Waals surface area (Å²) in [4.78, 5) is 1.11. The number of hydrogen-bond acceptors (Lipinski definition) is 1. The molecule has 0 aliphatic carbocycles. The van der Waals surface area contributed by atoms with E-state index in [9.17, 15) is 43.9 Å². The van der Waals surface area contributed by atoms with Gasteiger partial charge in [-0.2, -0.15) is 39.5 Å². The highest BCUT2D eigenvalue weighted by atomic mass is 19.4. The van der Waals surface area contributed by atoms with E-state index < -0.39 is 52.6 Å². The zero-order chi connectivity index (χ0) is 20.7. The molecule has 11 heteroatoms. The van der Waals surface area contributed by atoms with Crippen LogP contribution in [-0.2, 0) is 11.8 Å². The van der Waals surface area contributed by atoms with Crippen molar-refractivity contribution < 1.29 is 43.9 Å². The quantitative estimate of drug-likeness (QED) is 0.549. The Balaban J connectivity index is 3.90. The standard InChI is InChI=1S/C15H15F10N/c1-4-26(5-2)11-8(3)6-9(7-10(11)13(17,18)19)12(16,14(20,21)22)15(23,24)25/h6-7H,4-5H2,1-3H3. The third-order valence-corrected chi connectivity index (χ3v) is 3.86. The van der Waals surface area contributed by atoms with Gasteiger partial charge in [0.2, 0.25) is 0 Å². The van der Waals surface area contributed by atoms with Crippen LogP contribution in [0.15, 0.2) is 12.1 Å². The summed E-state index contributed by atoms with van der Waals surface area (Å²) < 4.78 is 131. The number of halogens is 10. The highest BCUT2D eigenvalue weighted by Crippen LogP contribution is 2.54. The van der Waals surface area contributed by atoms with Gasteiger partial charge in [-0.25, -0.2) is 4.39 Å². The van der Waals surface area contributed by atoms with E-state index in [2.05, 4.69) is 0 Å². The first-order valence-electron chi connectivity index (χ1n) is 7.31. The summed E-state index contributed by atoms with van der Waals surface area (Å²) in [5, 5.41) is 0. The van der Waals surface area contributed by atoms with Crippen LogP contribution in [0, 0.1) is 6.92 Å². The van der Waals surface area contributed by atoms with Crippen LogP contribution in [0.25, 0.3) is 0 Å². The molecule has 0 unspecified atom stereocenters. The average molecular weight is 399 g/mol. The maximum Gasteiger partial charge on any atom is 0.435 e. The molecule has 0 amide bonds. The van der Waals surface area contributed by atoms with Crippen LogP contribution in [0.3, 0.4) is 0 Å². The van der Waals surface area contributed by atoms with Gasteiger partial charge in [0.05, 0.1) is 11.3 Å². The fourth-order valence-electron chi connectivity index (χ4n) is 2.64. The molecular weight excluding hydrogens is 384 g/mol. The molecule has 1 aromatic carbocycles. The van der Waals surface area contributed by atoms with Gasteiger partial charge in [0.1, 0.15) is 0 Å². The number of aryl methyl sites for hydroxylation is 1. The van der Waals surface area contributed by atoms with E-state index >= 15 is 0 Å². The molecule has 0 atom stereocenters. The third kappa shape index (κ3) is 3.71. The zero-order valence-corrected chi connectivity index (χ0v) is 13.8. The van der Waals surface area contributed by atoms with Gasteiger partial charge in [0.15, 0.2) is 0 Å². The van der Waals surface area contributed by atoms with E-state index in [-0.39, 0.29) is 19.2 Å². The van der Waals surface area contributed by atoms with Crippen LogP contribution in [0.5, 0.6) is 0 Å². The molecule has 0 saturated carbocycles. The second-order valence-corrected chi connectivity index (χ2v) is 5.51. The molecule has 0 aliphatic heterocycles. The van der Waals surface area contributed by atoms with Crippen molar-refractivity contribution in [1.82, 2.24) is 0 Å². The molecule has 0 spiro atoms. The third-order valence-electron chi connectivity index (χ3n) is 3.86. The number of benzene rings is 1. The molecule has 0 N–H and O–H groups in total. The second kappa shape index (κ2) is 6.80. The molecule has 0 fully saturated rings. The van der Waals surface area contributed by atoms with Crippen LogP contribution in [0.2, 0.25) is 0 Å². The van der Waals surface area contributed by atoms with Gasteiger partial charge in [0.25, 0.3) is 0 Å². The van der Waals surface area contributed by atoms with Crippen molar-refractivity contribution in [2.45, 2.75) is 45.0 Å². The summed E-state index contributed by atoms with van der Waals surface area (Å²) in [5.74, 6) is 0. The van der Waals surface area contributed by atoms with Crippen molar-refractivity contribution >= 4 is 5.69 Å². The Kier molecular flexibility index (Phi) is 5.85. The first-order chi connectivity index (χ1) is 11.5. The molecule has 1 nitrogen and oxygen atoms in total. The summed E-state index contributed by atoms with van der Waals surface area (Å²) in [6.07, 6.45) is -18.3. The molecule has 150 valence electrons. The molecule has 0 aliphatic rings. The average Bonchev–Trinajstić information content (AvgIpc) is 2.45. The van der Waals surface area contributed by atoms with E-state index in [0.717, 1.165) is 11.8 Å². The Labute approximate surface area is 142 Å². The van der Waals surface area contributed by atoms with Crippen LogP contribution in [0.1, 0.15) is 30.5 Å². The topological polar surface area (TPSA) is 3.24 Å². The van der Waals surface area contributed by atoms with Crippen molar-refractivity contribution in [2.75, 3.05) is 18.0 Å². The Hall–Kier alpha value is -1.68. The molecule has 0 saturated heterocycles. The monoisotopic (exact) mass is 399 g/mol. The largest absolute Gasteiger partial charge is 0.435 e. The highest BCUT2D eigenvalue weighted by Gasteiger charge is 2.73. The molecule has 26 heavy (non-hydrogen) atoms. The van der Waals surface area contributed by atoms with Gasteiger partial charge in [-0.1, -0.05) is 6.07 Å². The molecule has 1 rings (SSSR count). The van der Waals surface area contributed by atoms with Crippen molar-refractivity contribution in [3.63, 3.8) is 0 Å². The van der Waals surface area contributed by atoms with Crippen LogP contribution >= 0.6 is 0 Å². The van der Waals surface area contributed by atoms with Gasteiger partial charge in [-0.15, -0.1) is 0 Å². The molecule has 0 bridgehead atoms. The number of nitrogens with zero attached hydrogens (tertiary/aromatic N) is 1. The predicted octanol–water partition coefficient (Wildman–Crippen LogP) is 6.15. The molecule has 0 aromatic heterocycles. The van der Waals surface area contributed by atoms with E-state index in [1.165, 1.54) is 13.8 Å². The number of hydrogen-bond donors (Lipinski definition) is 0. The minimum Gasteiger partial charge on any atom is -0.371 e. The minimum absolute atomic E-state index is 0.0130. The van der Waals surface area contributed by atoms with E-state index in [0.29, 0.717) is 0 Å². The molecule has 0 heterocycles. The van der Waals surface area contributed by atoms with Gasteiger partial charge >= 0.3 is 24.2 Å². The normalized spacial score (nSPS) is 13.9. The summed E-state index contributed by atoms with van der Waals surface area (Å²) in [7, 11) is 0. The lowest BCUT2D eigenvalue weighted by Gasteiger charge is -2.33. The van der Waals surface area contributed by atoms with Crippen molar-refractivity contribution in [1.29, 1.82) is 0 Å². The van der Waals surface area contributed by atoms with Crippen molar-refractivity contribution in [3.05, 3.63) is 28.8 Å². The Morgan fingerprint density at radius 3 is 1.50 bits per heavy atom. The highest BCUT2D eigenvalue weighted by molar-refractivity contribution is 5.62. The molecule has 0 radical (unpaired) electrons. The zero-order valence-electron chi connectivity index (χ0n) is 13.8. The molecule has 1 aromatic rings. The van der Waals surface area contributed by atoms with Crippen molar-refractivity contribution in [3.8, 4) is 0 Å². The Morgan fingerprint density at radius 2 is 1.19 bits per heavy atom. The summed E-state index contributed by atoms with van der Waals surface area (Å²) in [6, 6.07) is -0.258. The fraction of sp³-hybridized carbons (Fsp3) is 0.600. The Morgan fingerprint density at radius 1 is 0.769 bits per heavy atom. The lowest BCUT2D eigenvalue weighted by molar-refractivity contribution is -0.348. The van der Waals surface area contributed by atoms with Gasteiger partial charge < -0.3 is 4.90 Å². The van der Waals surface area contributed by atoms with Crippen molar-refractivity contribution in [2.24, 2.45) is 0 Å². The summed E-state index contributed by atoms with van der Waals surface area (Å²) in [5.41, 5.74) is -11.0. The summed E-state index contributed by atoms with van der Waals surface area (Å²) in [6.45, 7) is 3.85. The number of rotatable bonds is 4. The first-order valence-corrected chi connectivity index (χ1v) is 7.31.